The molecule has 2 rings (SSSR count). The molecule has 1 N–H and O–H groups in total. The number of hydrogen-bond acceptors (Lipinski definition) is 5. The summed E-state index contributed by atoms with van der Waals surface area (Å²) in [7, 11) is -0.151. The molecular formula is C14H25N3O5S. The number of sulfonamides is 1. The number of nitrogens with zero attached hydrogens (tertiary/aromatic N) is 3. The minimum Gasteiger partial charge on any atom is -0.480 e. The maximum absolute atomic E-state index is 12.4. The molecule has 0 bridgehead atoms. The van der Waals surface area contributed by atoms with Crippen LogP contribution in [0.25, 0.3) is 0 Å². The van der Waals surface area contributed by atoms with Crippen molar-refractivity contribution in [2.75, 3.05) is 33.7 Å². The van der Waals surface area contributed by atoms with Gasteiger partial charge in [-0.25, -0.2) is 13.2 Å². The van der Waals surface area contributed by atoms with Crippen molar-refractivity contribution in [1.29, 1.82) is 0 Å². The van der Waals surface area contributed by atoms with E-state index in [1.807, 2.05) is 0 Å². The van der Waals surface area contributed by atoms with E-state index in [9.17, 15) is 23.1 Å². The quantitative estimate of drug-likeness (QED) is 0.694. The Balaban J connectivity index is 1.96. The van der Waals surface area contributed by atoms with E-state index in [4.69, 9.17) is 0 Å². The Labute approximate surface area is 137 Å². The summed E-state index contributed by atoms with van der Waals surface area (Å²) < 4.78 is 26.0. The molecule has 8 nitrogen and oxygen atoms in total. The standard InChI is InChI=1S/C14H25N3O5S/c1-9(2)12(14(19)20)16(4)13(18)10-7-17(8-10)23(21,22)11-5-6-15(11)3/h9-12H,5-8H2,1-4H3,(H,19,20)/t11-,12?/m1/s1. The number of likely N-dealkylation sites (N-methyl/N-ethyl adjacent to an activating group) is 1. The molecule has 2 heterocycles. The molecule has 1 amide bonds. The smallest absolute Gasteiger partial charge is 0.326 e. The molecule has 23 heavy (non-hydrogen) atoms. The van der Waals surface area contributed by atoms with Crippen molar-refractivity contribution in [2.45, 2.75) is 31.7 Å². The Morgan fingerprint density at radius 2 is 1.83 bits per heavy atom. The van der Waals surface area contributed by atoms with Crippen LogP contribution in [0.4, 0.5) is 0 Å². The van der Waals surface area contributed by atoms with Crippen molar-refractivity contribution in [3.8, 4) is 0 Å². The van der Waals surface area contributed by atoms with Crippen LogP contribution in [0.1, 0.15) is 20.3 Å². The molecular weight excluding hydrogens is 322 g/mol. The molecule has 2 aliphatic rings. The molecule has 0 radical (unpaired) electrons. The van der Waals surface area contributed by atoms with E-state index in [1.54, 1.807) is 25.8 Å². The normalized spacial score (nSPS) is 24.8. The van der Waals surface area contributed by atoms with Gasteiger partial charge in [0.15, 0.2) is 0 Å². The maximum Gasteiger partial charge on any atom is 0.326 e. The minimum atomic E-state index is -3.39. The topological polar surface area (TPSA) is 98.2 Å². The van der Waals surface area contributed by atoms with Crippen molar-refractivity contribution in [3.05, 3.63) is 0 Å². The number of hydrogen-bond donors (Lipinski definition) is 1. The molecule has 2 fully saturated rings. The van der Waals surface area contributed by atoms with Crippen molar-refractivity contribution >= 4 is 21.9 Å². The third-order valence-electron chi connectivity index (χ3n) is 4.77. The molecule has 0 aliphatic carbocycles. The predicted molar refractivity (Wildman–Crippen MR) is 84.0 cm³/mol. The highest BCUT2D eigenvalue weighted by molar-refractivity contribution is 7.89. The number of aliphatic carboxylic acids is 1. The van der Waals surface area contributed by atoms with Gasteiger partial charge in [0.1, 0.15) is 11.4 Å². The number of carbonyl (C=O) groups excluding carboxylic acids is 1. The van der Waals surface area contributed by atoms with E-state index in [-0.39, 0.29) is 24.9 Å². The number of likely N-dealkylation sites (tertiary alicyclic amines) is 1. The van der Waals surface area contributed by atoms with Gasteiger partial charge in [-0.15, -0.1) is 0 Å². The van der Waals surface area contributed by atoms with Crippen molar-refractivity contribution in [3.63, 3.8) is 0 Å². The van der Waals surface area contributed by atoms with Gasteiger partial charge in [-0.2, -0.15) is 4.31 Å². The molecule has 9 heteroatoms. The highest BCUT2D eigenvalue weighted by atomic mass is 32.2. The average Bonchev–Trinajstić information content (AvgIpc) is 2.32. The summed E-state index contributed by atoms with van der Waals surface area (Å²) in [5.41, 5.74) is 0. The van der Waals surface area contributed by atoms with Gasteiger partial charge < -0.3 is 10.0 Å². The summed E-state index contributed by atoms with van der Waals surface area (Å²) in [4.78, 5) is 26.7. The van der Waals surface area contributed by atoms with Gasteiger partial charge in [0.05, 0.1) is 5.92 Å². The van der Waals surface area contributed by atoms with Gasteiger partial charge in [-0.1, -0.05) is 13.8 Å². The summed E-state index contributed by atoms with van der Waals surface area (Å²) in [6.07, 6.45) is 0.613. The van der Waals surface area contributed by atoms with Crippen LogP contribution in [0.2, 0.25) is 0 Å². The highest BCUT2D eigenvalue weighted by Crippen LogP contribution is 2.30. The maximum atomic E-state index is 12.4. The lowest BCUT2D eigenvalue weighted by molar-refractivity contribution is -0.154. The van der Waals surface area contributed by atoms with Crippen molar-refractivity contribution in [2.24, 2.45) is 11.8 Å². The van der Waals surface area contributed by atoms with E-state index in [1.165, 1.54) is 16.3 Å². The van der Waals surface area contributed by atoms with Crippen LogP contribution in [-0.2, 0) is 19.6 Å². The van der Waals surface area contributed by atoms with Crippen LogP contribution in [-0.4, -0.2) is 84.7 Å². The SMILES string of the molecule is CC(C)C(C(=O)O)N(C)C(=O)C1CN(S(=O)(=O)[C@@H]2CCN2C)C1. The Morgan fingerprint density at radius 3 is 2.17 bits per heavy atom. The lowest BCUT2D eigenvalue weighted by Gasteiger charge is -2.45. The first-order valence-electron chi connectivity index (χ1n) is 7.76. The first-order valence-corrected chi connectivity index (χ1v) is 9.26. The summed E-state index contributed by atoms with van der Waals surface area (Å²) in [6.45, 7) is 4.52. The first-order chi connectivity index (χ1) is 10.6. The number of carbonyl (C=O) groups is 2. The Hall–Kier alpha value is -1.19. The lowest BCUT2D eigenvalue weighted by atomic mass is 9.97. The molecule has 2 aliphatic heterocycles. The summed E-state index contributed by atoms with van der Waals surface area (Å²) >= 11 is 0. The third kappa shape index (κ3) is 3.22. The van der Waals surface area contributed by atoms with Crippen LogP contribution < -0.4 is 0 Å². The van der Waals surface area contributed by atoms with Crippen LogP contribution in [0.3, 0.4) is 0 Å². The fourth-order valence-corrected chi connectivity index (χ4v) is 5.25. The van der Waals surface area contributed by atoms with Crippen LogP contribution in [0.5, 0.6) is 0 Å². The van der Waals surface area contributed by atoms with Gasteiger partial charge in [0.25, 0.3) is 0 Å². The fraction of sp³-hybridized carbons (Fsp3) is 0.857. The lowest BCUT2D eigenvalue weighted by Crippen LogP contribution is -2.63. The largest absolute Gasteiger partial charge is 0.480 e. The molecule has 2 atom stereocenters. The number of carboxylic acid groups (broad SMARTS) is 1. The number of rotatable bonds is 6. The molecule has 0 saturated carbocycles. The summed E-state index contributed by atoms with van der Waals surface area (Å²) in [5, 5.41) is 8.77. The van der Waals surface area contributed by atoms with Gasteiger partial charge >= 0.3 is 5.97 Å². The van der Waals surface area contributed by atoms with Crippen LogP contribution in [0.15, 0.2) is 0 Å². The Morgan fingerprint density at radius 1 is 1.26 bits per heavy atom. The van der Waals surface area contributed by atoms with Crippen molar-refractivity contribution in [1.82, 2.24) is 14.1 Å². The zero-order chi connectivity index (χ0) is 17.5. The molecule has 1 unspecified atom stereocenters. The van der Waals surface area contributed by atoms with E-state index < -0.39 is 33.3 Å². The van der Waals surface area contributed by atoms with Crippen LogP contribution >= 0.6 is 0 Å². The molecule has 2 saturated heterocycles. The van der Waals surface area contributed by atoms with Gasteiger partial charge in [-0.05, 0) is 19.4 Å². The monoisotopic (exact) mass is 347 g/mol. The highest BCUT2D eigenvalue weighted by Gasteiger charge is 2.48. The third-order valence-corrected chi connectivity index (χ3v) is 7.07. The molecule has 0 aromatic carbocycles. The predicted octanol–water partition coefficient (Wildman–Crippen LogP) is -0.523. The first kappa shape index (κ1) is 18.2. The second kappa shape index (κ2) is 6.37. The zero-order valence-corrected chi connectivity index (χ0v) is 14.8. The van der Waals surface area contributed by atoms with E-state index in [2.05, 4.69) is 0 Å². The average molecular weight is 347 g/mol. The summed E-state index contributed by atoms with van der Waals surface area (Å²) in [5.74, 6) is -2.03. The Bertz CT molecular complexity index is 585. The second-order valence-corrected chi connectivity index (χ2v) is 8.85. The second-order valence-electron chi connectivity index (χ2n) is 6.76. The van der Waals surface area contributed by atoms with Crippen LogP contribution in [0, 0.1) is 11.8 Å². The minimum absolute atomic E-state index is 0.139. The molecule has 0 aromatic heterocycles. The number of carboxylic acids is 1. The molecule has 0 spiro atoms. The number of amides is 1. The molecule has 0 aromatic rings. The van der Waals surface area contributed by atoms with Crippen molar-refractivity contribution < 1.29 is 23.1 Å². The summed E-state index contributed by atoms with van der Waals surface area (Å²) in [6, 6.07) is -0.897. The van der Waals surface area contributed by atoms with E-state index >= 15 is 0 Å². The zero-order valence-electron chi connectivity index (χ0n) is 14.0. The van der Waals surface area contributed by atoms with Gasteiger partial charge in [0.2, 0.25) is 15.9 Å². The Kier molecular flexibility index (Phi) is 5.03. The van der Waals surface area contributed by atoms with E-state index in [0.29, 0.717) is 6.42 Å². The van der Waals surface area contributed by atoms with Gasteiger partial charge in [0, 0.05) is 26.7 Å². The van der Waals surface area contributed by atoms with Gasteiger partial charge in [-0.3, -0.25) is 9.69 Å². The van der Waals surface area contributed by atoms with E-state index in [0.717, 1.165) is 6.54 Å². The fourth-order valence-electron chi connectivity index (χ4n) is 3.17. The molecule has 132 valence electrons.